The summed E-state index contributed by atoms with van der Waals surface area (Å²) in [5.74, 6) is 1.08. The molecule has 0 spiro atoms. The highest BCUT2D eigenvalue weighted by molar-refractivity contribution is 9.10. The first-order valence-electron chi connectivity index (χ1n) is 7.85. The minimum atomic E-state index is -3.52. The molecule has 1 aromatic carbocycles. The third kappa shape index (κ3) is 3.88. The Kier molecular flexibility index (Phi) is 4.69. The van der Waals surface area contributed by atoms with E-state index in [1.165, 1.54) is 19.3 Å². The molecule has 3 atom stereocenters. The third-order valence-corrected chi connectivity index (χ3v) is 6.50. The summed E-state index contributed by atoms with van der Waals surface area (Å²) in [7, 11) is -3.52. The zero-order valence-corrected chi connectivity index (χ0v) is 15.4. The molecule has 5 nitrogen and oxygen atoms in total. The monoisotopic (exact) mass is 400 g/mol. The van der Waals surface area contributed by atoms with Crippen molar-refractivity contribution in [3.05, 3.63) is 28.7 Å². The number of hydrogen-bond donors (Lipinski definition) is 1. The van der Waals surface area contributed by atoms with Crippen LogP contribution in [0.4, 0.5) is 5.69 Å². The van der Waals surface area contributed by atoms with Gasteiger partial charge in [-0.05, 0) is 49.3 Å². The van der Waals surface area contributed by atoms with E-state index in [1.807, 2.05) is 6.07 Å². The number of sulfonamides is 1. The Morgan fingerprint density at radius 3 is 2.70 bits per heavy atom. The summed E-state index contributed by atoms with van der Waals surface area (Å²) in [6, 6.07) is 7.18. The van der Waals surface area contributed by atoms with Crippen LogP contribution in [0, 0.1) is 11.8 Å². The van der Waals surface area contributed by atoms with Gasteiger partial charge in [0.25, 0.3) is 0 Å². The number of amides is 1. The highest BCUT2D eigenvalue weighted by Crippen LogP contribution is 2.44. The largest absolute Gasteiger partial charge is 0.352 e. The van der Waals surface area contributed by atoms with Crippen molar-refractivity contribution >= 4 is 37.5 Å². The number of halogens is 1. The highest BCUT2D eigenvalue weighted by Gasteiger charge is 2.40. The van der Waals surface area contributed by atoms with Crippen LogP contribution < -0.4 is 9.62 Å². The molecule has 0 saturated heterocycles. The predicted octanol–water partition coefficient (Wildman–Crippen LogP) is 2.52. The molecular formula is C16H21BrN2O3S. The van der Waals surface area contributed by atoms with Gasteiger partial charge in [0.2, 0.25) is 15.9 Å². The summed E-state index contributed by atoms with van der Waals surface area (Å²) in [5, 5.41) is 3.04. The topological polar surface area (TPSA) is 66.5 Å². The quantitative estimate of drug-likeness (QED) is 0.825. The van der Waals surface area contributed by atoms with E-state index in [0.29, 0.717) is 11.6 Å². The van der Waals surface area contributed by atoms with Crippen molar-refractivity contribution in [1.82, 2.24) is 5.32 Å². The molecule has 0 heterocycles. The van der Waals surface area contributed by atoms with Crippen molar-refractivity contribution in [2.24, 2.45) is 11.8 Å². The van der Waals surface area contributed by atoms with Gasteiger partial charge in [-0.1, -0.05) is 28.4 Å². The van der Waals surface area contributed by atoms with Crippen molar-refractivity contribution in [2.75, 3.05) is 17.1 Å². The lowest BCUT2D eigenvalue weighted by Crippen LogP contribution is -2.45. The average Bonchev–Trinajstić information content (AvgIpc) is 3.06. The van der Waals surface area contributed by atoms with Gasteiger partial charge in [-0.15, -0.1) is 0 Å². The second-order valence-electron chi connectivity index (χ2n) is 6.60. The second-order valence-corrected chi connectivity index (χ2v) is 9.42. The Morgan fingerprint density at radius 1 is 1.35 bits per heavy atom. The van der Waals surface area contributed by atoms with Crippen LogP contribution in [-0.4, -0.2) is 33.2 Å². The summed E-state index contributed by atoms with van der Waals surface area (Å²) in [6.07, 6.45) is 5.80. The number of anilines is 1. The van der Waals surface area contributed by atoms with Crippen molar-refractivity contribution < 1.29 is 13.2 Å². The highest BCUT2D eigenvalue weighted by atomic mass is 79.9. The van der Waals surface area contributed by atoms with Crippen LogP contribution in [-0.2, 0) is 14.8 Å². The van der Waals surface area contributed by atoms with Gasteiger partial charge in [0, 0.05) is 10.5 Å². The van der Waals surface area contributed by atoms with Gasteiger partial charge in [0.05, 0.1) is 11.9 Å². The fourth-order valence-corrected chi connectivity index (χ4v) is 5.07. The molecule has 2 aliphatic rings. The molecule has 0 aliphatic heterocycles. The Balaban J connectivity index is 1.70. The molecule has 23 heavy (non-hydrogen) atoms. The Hall–Kier alpha value is -1.08. The normalized spacial score (nSPS) is 26.3. The van der Waals surface area contributed by atoms with Gasteiger partial charge in [-0.25, -0.2) is 8.42 Å². The number of nitrogens with zero attached hydrogens (tertiary/aromatic N) is 1. The molecule has 2 bridgehead atoms. The molecule has 1 N–H and O–H groups in total. The number of carbonyl (C=O) groups is 1. The second kappa shape index (κ2) is 6.43. The van der Waals surface area contributed by atoms with Crippen LogP contribution >= 0.6 is 15.9 Å². The number of rotatable bonds is 5. The van der Waals surface area contributed by atoms with Crippen LogP contribution in [0.5, 0.6) is 0 Å². The van der Waals surface area contributed by atoms with Crippen LogP contribution in [0.15, 0.2) is 28.7 Å². The third-order valence-electron chi connectivity index (χ3n) is 4.87. The number of nitrogens with one attached hydrogen (secondary N) is 1. The Morgan fingerprint density at radius 2 is 2.13 bits per heavy atom. The number of hydrogen-bond acceptors (Lipinski definition) is 3. The first-order chi connectivity index (χ1) is 10.8. The minimum absolute atomic E-state index is 0.177. The summed E-state index contributed by atoms with van der Waals surface area (Å²) >= 11 is 3.33. The minimum Gasteiger partial charge on any atom is -0.352 e. The molecule has 2 saturated carbocycles. The molecule has 0 unspecified atom stereocenters. The maximum atomic E-state index is 12.4. The molecule has 3 rings (SSSR count). The Labute approximate surface area is 145 Å². The fourth-order valence-electron chi connectivity index (χ4n) is 3.84. The smallest absolute Gasteiger partial charge is 0.241 e. The molecule has 1 aromatic rings. The van der Waals surface area contributed by atoms with Gasteiger partial charge in [0.15, 0.2) is 0 Å². The average molecular weight is 401 g/mol. The van der Waals surface area contributed by atoms with Crippen LogP contribution in [0.2, 0.25) is 0 Å². The lowest BCUT2D eigenvalue weighted by molar-refractivity contribution is -0.120. The van der Waals surface area contributed by atoms with E-state index >= 15 is 0 Å². The lowest BCUT2D eigenvalue weighted by atomic mass is 9.95. The van der Waals surface area contributed by atoms with Gasteiger partial charge in [0.1, 0.15) is 6.54 Å². The standard InChI is InChI=1S/C16H21BrN2O3S/c1-23(21,22)19(14-4-2-3-13(17)9-14)10-16(20)18-15-8-11-5-6-12(15)7-11/h2-4,9,11-12,15H,5-8,10H2,1H3,(H,18,20)/t11-,12-,15-/m1/s1. The maximum Gasteiger partial charge on any atom is 0.241 e. The molecule has 126 valence electrons. The summed E-state index contributed by atoms with van der Waals surface area (Å²) in [4.78, 5) is 12.4. The van der Waals surface area contributed by atoms with E-state index in [-0.39, 0.29) is 18.5 Å². The van der Waals surface area contributed by atoms with E-state index in [1.54, 1.807) is 18.2 Å². The molecule has 7 heteroatoms. The number of fused-ring (bicyclic) bond motifs is 2. The summed E-state index contributed by atoms with van der Waals surface area (Å²) < 4.78 is 26.1. The first-order valence-corrected chi connectivity index (χ1v) is 10.5. The first kappa shape index (κ1) is 16.8. The molecule has 1 amide bonds. The van der Waals surface area contributed by atoms with E-state index in [9.17, 15) is 13.2 Å². The van der Waals surface area contributed by atoms with Gasteiger partial charge < -0.3 is 5.32 Å². The van der Waals surface area contributed by atoms with E-state index in [2.05, 4.69) is 21.2 Å². The number of benzene rings is 1. The number of carbonyl (C=O) groups excluding carboxylic acids is 1. The maximum absolute atomic E-state index is 12.4. The van der Waals surface area contributed by atoms with Gasteiger partial charge >= 0.3 is 0 Å². The fraction of sp³-hybridized carbons (Fsp3) is 0.562. The van der Waals surface area contributed by atoms with E-state index in [4.69, 9.17) is 0 Å². The molecule has 0 aromatic heterocycles. The SMILES string of the molecule is CS(=O)(=O)N(CC(=O)N[C@@H]1C[C@@H]2CC[C@@H]1C2)c1cccc(Br)c1. The molecule has 2 fully saturated rings. The van der Waals surface area contributed by atoms with E-state index in [0.717, 1.165) is 27.4 Å². The van der Waals surface area contributed by atoms with Crippen LogP contribution in [0.25, 0.3) is 0 Å². The molecular weight excluding hydrogens is 380 g/mol. The van der Waals surface area contributed by atoms with Crippen molar-refractivity contribution in [3.8, 4) is 0 Å². The lowest BCUT2D eigenvalue weighted by Gasteiger charge is -2.26. The molecule has 0 radical (unpaired) electrons. The van der Waals surface area contributed by atoms with Crippen molar-refractivity contribution in [2.45, 2.75) is 31.7 Å². The predicted molar refractivity (Wildman–Crippen MR) is 93.7 cm³/mol. The zero-order valence-electron chi connectivity index (χ0n) is 13.0. The van der Waals surface area contributed by atoms with Gasteiger partial charge in [-0.3, -0.25) is 9.10 Å². The van der Waals surface area contributed by atoms with Crippen molar-refractivity contribution in [1.29, 1.82) is 0 Å². The summed E-state index contributed by atoms with van der Waals surface area (Å²) in [6.45, 7) is -0.177. The van der Waals surface area contributed by atoms with Crippen LogP contribution in [0.3, 0.4) is 0 Å². The van der Waals surface area contributed by atoms with E-state index < -0.39 is 10.0 Å². The van der Waals surface area contributed by atoms with Crippen LogP contribution in [0.1, 0.15) is 25.7 Å². The van der Waals surface area contributed by atoms with Gasteiger partial charge in [-0.2, -0.15) is 0 Å². The molecule has 2 aliphatic carbocycles. The zero-order chi connectivity index (χ0) is 16.6. The van der Waals surface area contributed by atoms with Crippen molar-refractivity contribution in [3.63, 3.8) is 0 Å². The summed E-state index contributed by atoms with van der Waals surface area (Å²) in [5.41, 5.74) is 0.491. The Bertz CT molecular complexity index is 707.